The summed E-state index contributed by atoms with van der Waals surface area (Å²) in [6.07, 6.45) is 0.343. The number of anilines is 1. The number of aryl methyl sites for hydroxylation is 1. The molecule has 0 radical (unpaired) electrons. The molecule has 1 amide bonds. The van der Waals surface area contributed by atoms with Gasteiger partial charge in [0.2, 0.25) is 0 Å². The third kappa shape index (κ3) is 3.15. The summed E-state index contributed by atoms with van der Waals surface area (Å²) < 4.78 is 31.8. The summed E-state index contributed by atoms with van der Waals surface area (Å²) in [7, 11) is -2.84. The number of hydrogen-bond donors (Lipinski definition) is 3. The maximum Gasteiger partial charge on any atom is 0.421 e. The van der Waals surface area contributed by atoms with Gasteiger partial charge in [0.05, 0.1) is 7.11 Å². The standard InChI is InChI=1S/C11H15N3O4S/c1-18-11(15)14-19(16,17)13-10-5-2-7-6-8(12)3-4-9(7)10/h3-4,6,10,13H,2,5,12H2,1H3,(H,14,15). The number of carbonyl (C=O) groups excluding carboxylic acids is 1. The van der Waals surface area contributed by atoms with E-state index in [0.717, 1.165) is 24.7 Å². The van der Waals surface area contributed by atoms with Crippen molar-refractivity contribution < 1.29 is 17.9 Å². The van der Waals surface area contributed by atoms with Crippen molar-refractivity contribution in [1.29, 1.82) is 0 Å². The van der Waals surface area contributed by atoms with Crippen LogP contribution < -0.4 is 15.2 Å². The monoisotopic (exact) mass is 285 g/mol. The van der Waals surface area contributed by atoms with Gasteiger partial charge in [-0.15, -0.1) is 0 Å². The lowest BCUT2D eigenvalue weighted by Gasteiger charge is -2.14. The number of methoxy groups -OCH3 is 1. The van der Waals surface area contributed by atoms with Crippen LogP contribution in [0.15, 0.2) is 18.2 Å². The number of amides is 1. The molecule has 0 aliphatic heterocycles. The minimum atomic E-state index is -3.93. The first-order valence-corrected chi connectivity index (χ1v) is 7.16. The molecule has 0 heterocycles. The van der Waals surface area contributed by atoms with E-state index in [-0.39, 0.29) is 6.04 Å². The van der Waals surface area contributed by atoms with Crippen LogP contribution in [0, 0.1) is 0 Å². The third-order valence-corrected chi connectivity index (χ3v) is 3.98. The lowest BCUT2D eigenvalue weighted by atomic mass is 10.1. The highest BCUT2D eigenvalue weighted by Gasteiger charge is 2.27. The number of rotatable bonds is 3. The van der Waals surface area contributed by atoms with Gasteiger partial charge >= 0.3 is 16.3 Å². The normalized spacial score (nSPS) is 17.8. The van der Waals surface area contributed by atoms with Crippen molar-refractivity contribution in [3.8, 4) is 0 Å². The summed E-state index contributed by atoms with van der Waals surface area (Å²) in [4.78, 5) is 10.9. The van der Waals surface area contributed by atoms with Crippen LogP contribution in [0.3, 0.4) is 0 Å². The Kier molecular flexibility index (Phi) is 3.63. The van der Waals surface area contributed by atoms with E-state index >= 15 is 0 Å². The van der Waals surface area contributed by atoms with Crippen LogP contribution in [0.4, 0.5) is 10.5 Å². The second kappa shape index (κ2) is 5.06. The van der Waals surface area contributed by atoms with Crippen LogP contribution in [0.2, 0.25) is 0 Å². The molecule has 0 saturated heterocycles. The zero-order valence-corrected chi connectivity index (χ0v) is 11.2. The minimum absolute atomic E-state index is 0.363. The largest absolute Gasteiger partial charge is 0.452 e. The average molecular weight is 285 g/mol. The molecule has 1 aliphatic carbocycles. The van der Waals surface area contributed by atoms with Crippen molar-refractivity contribution in [2.45, 2.75) is 18.9 Å². The molecule has 0 aromatic heterocycles. The van der Waals surface area contributed by atoms with E-state index in [1.807, 2.05) is 6.07 Å². The first-order valence-electron chi connectivity index (χ1n) is 5.67. The van der Waals surface area contributed by atoms with Crippen molar-refractivity contribution in [2.75, 3.05) is 12.8 Å². The number of nitrogens with one attached hydrogen (secondary N) is 2. The van der Waals surface area contributed by atoms with Crippen molar-refractivity contribution in [1.82, 2.24) is 9.44 Å². The fraction of sp³-hybridized carbons (Fsp3) is 0.364. The molecule has 4 N–H and O–H groups in total. The van der Waals surface area contributed by atoms with E-state index in [0.29, 0.717) is 12.1 Å². The number of benzene rings is 1. The van der Waals surface area contributed by atoms with Gasteiger partial charge in [-0.05, 0) is 36.1 Å². The Balaban J connectivity index is 2.13. The molecule has 0 spiro atoms. The molecule has 7 nitrogen and oxygen atoms in total. The zero-order valence-electron chi connectivity index (χ0n) is 10.3. The molecule has 104 valence electrons. The van der Waals surface area contributed by atoms with Gasteiger partial charge in [-0.2, -0.15) is 13.1 Å². The summed E-state index contributed by atoms with van der Waals surface area (Å²) in [5.41, 5.74) is 8.22. The summed E-state index contributed by atoms with van der Waals surface area (Å²) in [6, 6.07) is 4.98. The van der Waals surface area contributed by atoms with Crippen LogP contribution in [0.1, 0.15) is 23.6 Å². The van der Waals surface area contributed by atoms with E-state index in [1.165, 1.54) is 0 Å². The Labute approximate surface area is 111 Å². The summed E-state index contributed by atoms with van der Waals surface area (Å²) >= 11 is 0. The molecule has 0 fully saturated rings. The van der Waals surface area contributed by atoms with Gasteiger partial charge in [0.1, 0.15) is 0 Å². The predicted molar refractivity (Wildman–Crippen MR) is 69.5 cm³/mol. The number of hydrogen-bond acceptors (Lipinski definition) is 5. The predicted octanol–water partition coefficient (Wildman–Crippen LogP) is 0.446. The lowest BCUT2D eigenvalue weighted by molar-refractivity contribution is 0.177. The number of carbonyl (C=O) groups is 1. The summed E-state index contributed by atoms with van der Waals surface area (Å²) in [5, 5.41) is 0. The van der Waals surface area contributed by atoms with Crippen LogP contribution in [0.5, 0.6) is 0 Å². The molecular formula is C11H15N3O4S. The molecule has 1 aromatic carbocycles. The average Bonchev–Trinajstić information content (AvgIpc) is 2.70. The zero-order chi connectivity index (χ0) is 14.0. The molecule has 1 aliphatic rings. The van der Waals surface area contributed by atoms with Crippen molar-refractivity contribution in [3.63, 3.8) is 0 Å². The minimum Gasteiger partial charge on any atom is -0.452 e. The molecule has 19 heavy (non-hydrogen) atoms. The molecule has 0 bridgehead atoms. The van der Waals surface area contributed by atoms with Gasteiger partial charge in [-0.1, -0.05) is 6.07 Å². The first-order chi connectivity index (χ1) is 8.91. The Hall–Kier alpha value is -1.80. The van der Waals surface area contributed by atoms with E-state index in [2.05, 4.69) is 9.46 Å². The molecule has 8 heteroatoms. The Morgan fingerprint density at radius 2 is 2.21 bits per heavy atom. The lowest BCUT2D eigenvalue weighted by Crippen LogP contribution is -2.41. The molecular weight excluding hydrogens is 270 g/mol. The Morgan fingerprint density at radius 1 is 1.47 bits per heavy atom. The quantitative estimate of drug-likeness (QED) is 0.698. The molecule has 1 atom stereocenters. The van der Waals surface area contributed by atoms with Gasteiger partial charge in [0.15, 0.2) is 0 Å². The Morgan fingerprint density at radius 3 is 2.89 bits per heavy atom. The summed E-state index contributed by atoms with van der Waals surface area (Å²) in [5.74, 6) is 0. The van der Waals surface area contributed by atoms with Gasteiger partial charge in [-0.3, -0.25) is 0 Å². The first kappa shape index (κ1) is 13.6. The van der Waals surface area contributed by atoms with E-state index in [9.17, 15) is 13.2 Å². The van der Waals surface area contributed by atoms with E-state index < -0.39 is 16.3 Å². The number of fused-ring (bicyclic) bond motifs is 1. The number of ether oxygens (including phenoxy) is 1. The van der Waals surface area contributed by atoms with Gasteiger partial charge < -0.3 is 10.5 Å². The highest BCUT2D eigenvalue weighted by atomic mass is 32.2. The van der Waals surface area contributed by atoms with E-state index in [1.54, 1.807) is 16.9 Å². The van der Waals surface area contributed by atoms with Crippen LogP contribution >= 0.6 is 0 Å². The van der Waals surface area contributed by atoms with E-state index in [4.69, 9.17) is 5.73 Å². The van der Waals surface area contributed by atoms with Crippen LogP contribution in [-0.4, -0.2) is 21.6 Å². The van der Waals surface area contributed by atoms with Gasteiger partial charge in [0.25, 0.3) is 0 Å². The van der Waals surface area contributed by atoms with Crippen molar-refractivity contribution in [3.05, 3.63) is 29.3 Å². The second-order valence-electron chi connectivity index (χ2n) is 4.26. The fourth-order valence-corrected chi connectivity index (χ4v) is 3.11. The summed E-state index contributed by atoms with van der Waals surface area (Å²) in [6.45, 7) is 0. The third-order valence-electron chi connectivity index (χ3n) is 2.95. The smallest absolute Gasteiger partial charge is 0.421 e. The van der Waals surface area contributed by atoms with Gasteiger partial charge in [0, 0.05) is 11.7 Å². The second-order valence-corrected chi connectivity index (χ2v) is 5.71. The van der Waals surface area contributed by atoms with Crippen LogP contribution in [0.25, 0.3) is 0 Å². The maximum atomic E-state index is 11.7. The number of nitrogen functional groups attached to an aromatic ring is 1. The molecule has 2 rings (SSSR count). The van der Waals surface area contributed by atoms with Crippen molar-refractivity contribution >= 4 is 22.0 Å². The Bertz CT molecular complexity index is 600. The highest BCUT2D eigenvalue weighted by molar-refractivity contribution is 7.88. The number of nitrogens with two attached hydrogens (primary N) is 1. The SMILES string of the molecule is COC(=O)NS(=O)(=O)NC1CCc2cc(N)ccc21. The molecule has 0 saturated carbocycles. The maximum absolute atomic E-state index is 11.7. The fourth-order valence-electron chi connectivity index (χ4n) is 2.13. The van der Waals surface area contributed by atoms with Crippen molar-refractivity contribution in [2.24, 2.45) is 0 Å². The highest BCUT2D eigenvalue weighted by Crippen LogP contribution is 2.32. The molecule has 1 unspecified atom stereocenters. The van der Waals surface area contributed by atoms with Crippen LogP contribution in [-0.2, 0) is 21.4 Å². The topological polar surface area (TPSA) is 111 Å². The van der Waals surface area contributed by atoms with Gasteiger partial charge in [-0.25, -0.2) is 9.52 Å². The molecule has 1 aromatic rings.